The molecular weight excluding hydrogens is 276 g/mol. The first-order valence-electron chi connectivity index (χ1n) is 7.01. The molecule has 0 saturated carbocycles. The fourth-order valence-electron chi connectivity index (χ4n) is 2.91. The van der Waals surface area contributed by atoms with E-state index in [1.807, 2.05) is 0 Å². The van der Waals surface area contributed by atoms with Gasteiger partial charge in [0.25, 0.3) is 0 Å². The Morgan fingerprint density at radius 3 is 2.41 bits per heavy atom. The summed E-state index contributed by atoms with van der Waals surface area (Å²) < 4.78 is 0. The Morgan fingerprint density at radius 2 is 2.00 bits per heavy atom. The van der Waals surface area contributed by atoms with E-state index >= 15 is 0 Å². The quantitative estimate of drug-likeness (QED) is 0.666. The smallest absolute Gasteiger partial charge is 0.0220 e. The number of likely N-dealkylation sites (N-methyl/N-ethyl adjacent to an activating group) is 2. The number of likely N-dealkylation sites (tertiary alicyclic amines) is 1. The monoisotopic (exact) mass is 304 g/mol. The molecule has 0 radical (unpaired) electrons. The zero-order chi connectivity index (χ0) is 12.9. The molecule has 1 rings (SSSR count). The standard InChI is InChI=1S/C14H29BrN2/c1-5-14(6-2,11-15)12-16(3)10-13-8-7-9-17(13)4/h13H,5-12H2,1-4H3. The maximum Gasteiger partial charge on any atom is 0.0220 e. The van der Waals surface area contributed by atoms with Crippen molar-refractivity contribution in [3.63, 3.8) is 0 Å². The number of hydrogen-bond donors (Lipinski definition) is 0. The van der Waals surface area contributed by atoms with E-state index in [2.05, 4.69) is 53.7 Å². The fourth-order valence-corrected chi connectivity index (χ4v) is 3.88. The average Bonchev–Trinajstić information content (AvgIpc) is 2.72. The van der Waals surface area contributed by atoms with Gasteiger partial charge in [-0.2, -0.15) is 0 Å². The summed E-state index contributed by atoms with van der Waals surface area (Å²) in [4.78, 5) is 5.06. The van der Waals surface area contributed by atoms with Crippen molar-refractivity contribution in [3.05, 3.63) is 0 Å². The fraction of sp³-hybridized carbons (Fsp3) is 1.00. The summed E-state index contributed by atoms with van der Waals surface area (Å²) in [6.45, 7) is 8.37. The van der Waals surface area contributed by atoms with E-state index in [1.54, 1.807) is 0 Å². The summed E-state index contributed by atoms with van der Waals surface area (Å²) in [5.41, 5.74) is 0.464. The zero-order valence-corrected chi connectivity index (χ0v) is 13.6. The van der Waals surface area contributed by atoms with Gasteiger partial charge in [-0.15, -0.1) is 0 Å². The molecule has 0 spiro atoms. The van der Waals surface area contributed by atoms with E-state index in [9.17, 15) is 0 Å². The number of halogens is 1. The second kappa shape index (κ2) is 7.10. The van der Waals surface area contributed by atoms with Crippen LogP contribution in [0.3, 0.4) is 0 Å². The van der Waals surface area contributed by atoms with Crippen LogP contribution in [0.15, 0.2) is 0 Å². The van der Waals surface area contributed by atoms with Crippen LogP contribution in [0.5, 0.6) is 0 Å². The molecule has 1 aliphatic rings. The number of alkyl halides is 1. The van der Waals surface area contributed by atoms with Gasteiger partial charge in [0.1, 0.15) is 0 Å². The van der Waals surface area contributed by atoms with Gasteiger partial charge in [-0.3, -0.25) is 0 Å². The van der Waals surface area contributed by atoms with Crippen molar-refractivity contribution in [2.75, 3.05) is 39.1 Å². The van der Waals surface area contributed by atoms with Crippen molar-refractivity contribution in [3.8, 4) is 0 Å². The van der Waals surface area contributed by atoms with Gasteiger partial charge < -0.3 is 9.80 Å². The molecule has 1 aliphatic heterocycles. The normalized spacial score (nSPS) is 22.6. The maximum atomic E-state index is 3.71. The highest BCUT2D eigenvalue weighted by Gasteiger charge is 2.28. The van der Waals surface area contributed by atoms with E-state index in [1.165, 1.54) is 45.3 Å². The topological polar surface area (TPSA) is 6.48 Å². The van der Waals surface area contributed by atoms with Crippen molar-refractivity contribution < 1.29 is 0 Å². The molecule has 17 heavy (non-hydrogen) atoms. The first kappa shape index (κ1) is 15.5. The molecule has 1 saturated heterocycles. The summed E-state index contributed by atoms with van der Waals surface area (Å²) in [6, 6.07) is 0.779. The van der Waals surface area contributed by atoms with Gasteiger partial charge in [-0.1, -0.05) is 29.8 Å². The molecule has 0 aromatic carbocycles. The highest BCUT2D eigenvalue weighted by molar-refractivity contribution is 9.09. The number of rotatable bonds is 7. The molecule has 102 valence electrons. The lowest BCUT2D eigenvalue weighted by Crippen LogP contribution is -2.42. The van der Waals surface area contributed by atoms with Gasteiger partial charge in [0.2, 0.25) is 0 Å². The Morgan fingerprint density at radius 1 is 1.35 bits per heavy atom. The third-order valence-electron chi connectivity index (χ3n) is 4.58. The van der Waals surface area contributed by atoms with Crippen LogP contribution in [-0.2, 0) is 0 Å². The van der Waals surface area contributed by atoms with Crippen LogP contribution in [0, 0.1) is 5.41 Å². The predicted octanol–water partition coefficient (Wildman–Crippen LogP) is 3.21. The van der Waals surface area contributed by atoms with E-state index in [0.717, 1.165) is 11.4 Å². The second-order valence-electron chi connectivity index (χ2n) is 5.81. The molecule has 0 aliphatic carbocycles. The molecule has 2 nitrogen and oxygen atoms in total. The lowest BCUT2D eigenvalue weighted by molar-refractivity contribution is 0.151. The Hall–Kier alpha value is 0.400. The third kappa shape index (κ3) is 4.22. The summed E-state index contributed by atoms with van der Waals surface area (Å²) in [5, 5.41) is 1.12. The molecule has 0 aromatic rings. The van der Waals surface area contributed by atoms with Crippen LogP contribution in [0.2, 0.25) is 0 Å². The van der Waals surface area contributed by atoms with Crippen LogP contribution >= 0.6 is 15.9 Å². The number of nitrogens with zero attached hydrogens (tertiary/aromatic N) is 2. The Kier molecular flexibility index (Phi) is 6.46. The predicted molar refractivity (Wildman–Crippen MR) is 80.0 cm³/mol. The van der Waals surface area contributed by atoms with Gasteiger partial charge in [0.15, 0.2) is 0 Å². The Labute approximate surface area is 116 Å². The van der Waals surface area contributed by atoms with Crippen molar-refractivity contribution in [2.45, 2.75) is 45.6 Å². The van der Waals surface area contributed by atoms with Gasteiger partial charge in [0.05, 0.1) is 0 Å². The highest BCUT2D eigenvalue weighted by Crippen LogP contribution is 2.30. The van der Waals surface area contributed by atoms with E-state index in [4.69, 9.17) is 0 Å². The summed E-state index contributed by atoms with van der Waals surface area (Å²) >= 11 is 3.71. The molecular formula is C14H29BrN2. The summed E-state index contributed by atoms with van der Waals surface area (Å²) in [6.07, 6.45) is 5.28. The molecule has 0 aromatic heterocycles. The maximum absolute atomic E-state index is 3.71. The van der Waals surface area contributed by atoms with Crippen molar-refractivity contribution >= 4 is 15.9 Å². The van der Waals surface area contributed by atoms with Crippen LogP contribution in [0.4, 0.5) is 0 Å². The third-order valence-corrected chi connectivity index (χ3v) is 5.77. The van der Waals surface area contributed by atoms with Crippen LogP contribution in [-0.4, -0.2) is 54.9 Å². The lowest BCUT2D eigenvalue weighted by atomic mass is 9.84. The van der Waals surface area contributed by atoms with E-state index < -0.39 is 0 Å². The Balaban J connectivity index is 2.44. The van der Waals surface area contributed by atoms with Gasteiger partial charge >= 0.3 is 0 Å². The minimum Gasteiger partial charge on any atom is -0.304 e. The van der Waals surface area contributed by atoms with Crippen molar-refractivity contribution in [2.24, 2.45) is 5.41 Å². The summed E-state index contributed by atoms with van der Waals surface area (Å²) in [5.74, 6) is 0. The SMILES string of the molecule is CCC(CC)(CBr)CN(C)CC1CCCN1C. The lowest BCUT2D eigenvalue weighted by Gasteiger charge is -2.36. The number of hydrogen-bond acceptors (Lipinski definition) is 2. The van der Waals surface area contributed by atoms with E-state index in [0.29, 0.717) is 5.41 Å². The van der Waals surface area contributed by atoms with Crippen molar-refractivity contribution in [1.82, 2.24) is 9.80 Å². The van der Waals surface area contributed by atoms with Gasteiger partial charge in [-0.25, -0.2) is 0 Å². The zero-order valence-electron chi connectivity index (χ0n) is 12.0. The molecule has 0 bridgehead atoms. The highest BCUT2D eigenvalue weighted by atomic mass is 79.9. The minimum absolute atomic E-state index is 0.464. The minimum atomic E-state index is 0.464. The van der Waals surface area contributed by atoms with Gasteiger partial charge in [-0.05, 0) is 51.7 Å². The first-order valence-corrected chi connectivity index (χ1v) is 8.13. The molecule has 0 amide bonds. The molecule has 0 N–H and O–H groups in total. The first-order chi connectivity index (χ1) is 8.06. The van der Waals surface area contributed by atoms with Crippen LogP contribution in [0.25, 0.3) is 0 Å². The Bertz CT molecular complexity index is 208. The van der Waals surface area contributed by atoms with E-state index in [-0.39, 0.29) is 0 Å². The van der Waals surface area contributed by atoms with Crippen LogP contribution < -0.4 is 0 Å². The molecule has 3 heteroatoms. The van der Waals surface area contributed by atoms with Gasteiger partial charge in [0, 0.05) is 24.5 Å². The molecule has 1 fully saturated rings. The molecule has 1 atom stereocenters. The van der Waals surface area contributed by atoms with Crippen LogP contribution in [0.1, 0.15) is 39.5 Å². The molecule has 1 unspecified atom stereocenters. The average molecular weight is 305 g/mol. The largest absolute Gasteiger partial charge is 0.304 e. The second-order valence-corrected chi connectivity index (χ2v) is 6.37. The van der Waals surface area contributed by atoms with Crippen molar-refractivity contribution in [1.29, 1.82) is 0 Å². The summed E-state index contributed by atoms with van der Waals surface area (Å²) in [7, 11) is 4.55. The molecule has 1 heterocycles.